The lowest BCUT2D eigenvalue weighted by Crippen LogP contribution is -2.13. The van der Waals surface area contributed by atoms with E-state index in [4.69, 9.17) is 11.0 Å². The fourth-order valence-corrected chi connectivity index (χ4v) is 1.48. The molecule has 0 amide bonds. The van der Waals surface area contributed by atoms with E-state index in [1.165, 1.54) is 0 Å². The van der Waals surface area contributed by atoms with E-state index in [1.807, 2.05) is 25.1 Å². The van der Waals surface area contributed by atoms with Crippen molar-refractivity contribution in [1.82, 2.24) is 0 Å². The summed E-state index contributed by atoms with van der Waals surface area (Å²) in [6, 6.07) is 8.49. The number of aryl methyl sites for hydroxylation is 1. The van der Waals surface area contributed by atoms with E-state index >= 15 is 0 Å². The SMILES string of the molecule is Cc1cc(C#N)ccc1NC1CC1N. The Hall–Kier alpha value is -1.53. The number of anilines is 1. The van der Waals surface area contributed by atoms with Crippen LogP contribution in [-0.2, 0) is 0 Å². The Morgan fingerprint density at radius 1 is 1.57 bits per heavy atom. The van der Waals surface area contributed by atoms with E-state index in [0.29, 0.717) is 17.6 Å². The molecule has 1 fully saturated rings. The number of nitrogens with zero attached hydrogens (tertiary/aromatic N) is 1. The molecule has 1 aromatic rings. The first-order valence-corrected chi connectivity index (χ1v) is 4.73. The van der Waals surface area contributed by atoms with Crippen LogP contribution >= 0.6 is 0 Å². The molecule has 1 saturated carbocycles. The number of nitriles is 1. The lowest BCUT2D eigenvalue weighted by Gasteiger charge is -2.08. The molecule has 3 nitrogen and oxygen atoms in total. The van der Waals surface area contributed by atoms with Gasteiger partial charge in [0.2, 0.25) is 0 Å². The molecular weight excluding hydrogens is 174 g/mol. The van der Waals surface area contributed by atoms with Crippen molar-refractivity contribution in [2.75, 3.05) is 5.32 Å². The molecule has 2 atom stereocenters. The number of nitrogens with one attached hydrogen (secondary N) is 1. The summed E-state index contributed by atoms with van der Waals surface area (Å²) in [5.74, 6) is 0. The summed E-state index contributed by atoms with van der Waals surface area (Å²) in [7, 11) is 0. The van der Waals surface area contributed by atoms with E-state index in [9.17, 15) is 0 Å². The summed E-state index contributed by atoms with van der Waals surface area (Å²) >= 11 is 0. The summed E-state index contributed by atoms with van der Waals surface area (Å²) < 4.78 is 0. The highest BCUT2D eigenvalue weighted by Crippen LogP contribution is 2.26. The van der Waals surface area contributed by atoms with Crippen molar-refractivity contribution >= 4 is 5.69 Å². The van der Waals surface area contributed by atoms with Crippen LogP contribution in [0.25, 0.3) is 0 Å². The number of hydrogen-bond donors (Lipinski definition) is 2. The molecule has 0 radical (unpaired) electrons. The highest BCUT2D eigenvalue weighted by atomic mass is 15.0. The molecule has 3 heteroatoms. The topological polar surface area (TPSA) is 61.8 Å². The van der Waals surface area contributed by atoms with Crippen LogP contribution in [0.15, 0.2) is 18.2 Å². The fourth-order valence-electron chi connectivity index (χ4n) is 1.48. The van der Waals surface area contributed by atoms with Crippen molar-refractivity contribution in [2.45, 2.75) is 25.4 Å². The molecule has 14 heavy (non-hydrogen) atoms. The Labute approximate surface area is 83.5 Å². The average molecular weight is 187 g/mol. The summed E-state index contributed by atoms with van der Waals surface area (Å²) in [4.78, 5) is 0. The fraction of sp³-hybridized carbons (Fsp3) is 0.364. The molecule has 0 heterocycles. The summed E-state index contributed by atoms with van der Waals surface area (Å²) in [6.45, 7) is 2.00. The largest absolute Gasteiger partial charge is 0.380 e. The van der Waals surface area contributed by atoms with Crippen LogP contribution in [0.1, 0.15) is 17.5 Å². The summed E-state index contributed by atoms with van der Waals surface area (Å²) in [6.07, 6.45) is 1.04. The predicted molar refractivity (Wildman–Crippen MR) is 55.9 cm³/mol. The van der Waals surface area contributed by atoms with Crippen molar-refractivity contribution in [3.8, 4) is 6.07 Å². The van der Waals surface area contributed by atoms with E-state index in [0.717, 1.165) is 17.7 Å². The first-order chi connectivity index (χ1) is 6.70. The van der Waals surface area contributed by atoms with Gasteiger partial charge in [0.15, 0.2) is 0 Å². The second kappa shape index (κ2) is 3.32. The second-order valence-corrected chi connectivity index (χ2v) is 3.79. The van der Waals surface area contributed by atoms with Crippen molar-refractivity contribution in [1.29, 1.82) is 5.26 Å². The molecule has 0 aliphatic heterocycles. The number of nitrogens with two attached hydrogens (primary N) is 1. The van der Waals surface area contributed by atoms with Gasteiger partial charge in [0.25, 0.3) is 0 Å². The minimum Gasteiger partial charge on any atom is -0.380 e. The van der Waals surface area contributed by atoms with Crippen molar-refractivity contribution < 1.29 is 0 Å². The Kier molecular flexibility index (Phi) is 2.14. The molecule has 2 unspecified atom stereocenters. The minimum absolute atomic E-state index is 0.296. The third kappa shape index (κ3) is 1.70. The highest BCUT2D eigenvalue weighted by Gasteiger charge is 2.33. The molecule has 1 aliphatic carbocycles. The third-order valence-electron chi connectivity index (χ3n) is 2.54. The van der Waals surface area contributed by atoms with Crippen LogP contribution in [0.4, 0.5) is 5.69 Å². The molecule has 0 bridgehead atoms. The molecule has 3 N–H and O–H groups in total. The van der Waals surface area contributed by atoms with Gasteiger partial charge in [-0.2, -0.15) is 5.26 Å². The Balaban J connectivity index is 2.15. The molecule has 1 aromatic carbocycles. The standard InChI is InChI=1S/C11H13N3/c1-7-4-8(6-12)2-3-10(7)14-11-5-9(11)13/h2-4,9,11,14H,5,13H2,1H3. The Bertz CT molecular complexity index is 392. The van der Waals surface area contributed by atoms with Gasteiger partial charge in [-0.25, -0.2) is 0 Å². The van der Waals surface area contributed by atoms with E-state index in [-0.39, 0.29) is 0 Å². The molecular formula is C11H13N3. The van der Waals surface area contributed by atoms with Crippen molar-refractivity contribution in [2.24, 2.45) is 5.73 Å². The lowest BCUT2D eigenvalue weighted by molar-refractivity contribution is 1.00. The van der Waals surface area contributed by atoms with Crippen LogP contribution < -0.4 is 11.1 Å². The molecule has 0 spiro atoms. The maximum absolute atomic E-state index is 8.70. The first-order valence-electron chi connectivity index (χ1n) is 4.73. The van der Waals surface area contributed by atoms with E-state index in [1.54, 1.807) is 0 Å². The van der Waals surface area contributed by atoms with Crippen molar-refractivity contribution in [3.63, 3.8) is 0 Å². The molecule has 0 aromatic heterocycles. The van der Waals surface area contributed by atoms with E-state index < -0.39 is 0 Å². The average Bonchev–Trinajstić information content (AvgIpc) is 2.85. The number of rotatable bonds is 2. The second-order valence-electron chi connectivity index (χ2n) is 3.79. The first kappa shape index (κ1) is 9.04. The minimum atomic E-state index is 0.296. The smallest absolute Gasteiger partial charge is 0.0991 e. The zero-order chi connectivity index (χ0) is 10.1. The maximum atomic E-state index is 8.70. The van der Waals surface area contributed by atoms with Crippen molar-refractivity contribution in [3.05, 3.63) is 29.3 Å². The van der Waals surface area contributed by atoms with Crippen LogP contribution in [0, 0.1) is 18.3 Å². The quantitative estimate of drug-likeness (QED) is 0.735. The number of benzene rings is 1. The van der Waals surface area contributed by atoms with Gasteiger partial charge in [0, 0.05) is 17.8 Å². The zero-order valence-electron chi connectivity index (χ0n) is 8.12. The van der Waals surface area contributed by atoms with Gasteiger partial charge < -0.3 is 11.1 Å². The van der Waals surface area contributed by atoms with Crippen LogP contribution in [0.5, 0.6) is 0 Å². The van der Waals surface area contributed by atoms with Gasteiger partial charge in [-0.05, 0) is 37.1 Å². The Morgan fingerprint density at radius 2 is 2.29 bits per heavy atom. The molecule has 72 valence electrons. The van der Waals surface area contributed by atoms with E-state index in [2.05, 4.69) is 11.4 Å². The predicted octanol–water partition coefficient (Wildman–Crippen LogP) is 1.38. The number of hydrogen-bond acceptors (Lipinski definition) is 3. The third-order valence-corrected chi connectivity index (χ3v) is 2.54. The summed E-state index contributed by atoms with van der Waals surface area (Å²) in [5.41, 5.74) is 8.59. The Morgan fingerprint density at radius 3 is 2.79 bits per heavy atom. The van der Waals surface area contributed by atoms with Gasteiger partial charge in [-0.15, -0.1) is 0 Å². The van der Waals surface area contributed by atoms with Gasteiger partial charge in [-0.3, -0.25) is 0 Å². The molecule has 2 rings (SSSR count). The summed E-state index contributed by atoms with van der Waals surface area (Å²) in [5, 5.41) is 12.0. The van der Waals surface area contributed by atoms with Gasteiger partial charge in [-0.1, -0.05) is 0 Å². The van der Waals surface area contributed by atoms with Crippen LogP contribution in [0.3, 0.4) is 0 Å². The van der Waals surface area contributed by atoms with Crippen LogP contribution in [-0.4, -0.2) is 12.1 Å². The normalized spacial score (nSPS) is 24.1. The highest BCUT2D eigenvalue weighted by molar-refractivity contribution is 5.55. The van der Waals surface area contributed by atoms with Crippen LogP contribution in [0.2, 0.25) is 0 Å². The van der Waals surface area contributed by atoms with Gasteiger partial charge in [0.05, 0.1) is 11.6 Å². The van der Waals surface area contributed by atoms with Gasteiger partial charge >= 0.3 is 0 Å². The lowest BCUT2D eigenvalue weighted by atomic mass is 10.1. The van der Waals surface area contributed by atoms with Gasteiger partial charge in [0.1, 0.15) is 0 Å². The monoisotopic (exact) mass is 187 g/mol. The molecule has 0 saturated heterocycles. The maximum Gasteiger partial charge on any atom is 0.0991 e. The zero-order valence-corrected chi connectivity index (χ0v) is 8.12. The molecule has 1 aliphatic rings.